The van der Waals surface area contributed by atoms with Crippen LogP contribution in [0.4, 0.5) is 5.13 Å². The molecule has 0 aliphatic heterocycles. The van der Waals surface area contributed by atoms with Crippen molar-refractivity contribution in [3.05, 3.63) is 57.6 Å². The van der Waals surface area contributed by atoms with E-state index in [9.17, 15) is 4.79 Å². The van der Waals surface area contributed by atoms with Crippen LogP contribution in [0.3, 0.4) is 0 Å². The molecule has 0 saturated carbocycles. The number of aromatic nitrogens is 1. The molecule has 0 spiro atoms. The average molecular weight is 455 g/mol. The van der Waals surface area contributed by atoms with Gasteiger partial charge in [-0.15, -0.1) is 0 Å². The second-order valence-corrected chi connectivity index (χ2v) is 7.11. The van der Waals surface area contributed by atoms with Gasteiger partial charge in [-0.3, -0.25) is 4.79 Å². The van der Waals surface area contributed by atoms with Crippen LogP contribution in [0.15, 0.2) is 40.9 Å². The number of benzene rings is 2. The molecule has 6 heteroatoms. The number of hydrogen-bond donors (Lipinski definition) is 1. The summed E-state index contributed by atoms with van der Waals surface area (Å²) in [4.78, 5) is 16.8. The van der Waals surface area contributed by atoms with Crippen LogP contribution in [0, 0.1) is 13.8 Å². The molecule has 1 aromatic heterocycles. The fourth-order valence-corrected chi connectivity index (χ4v) is 3.54. The van der Waals surface area contributed by atoms with Crippen LogP contribution < -0.4 is 22.3 Å². The number of rotatable bonds is 4. The van der Waals surface area contributed by atoms with Gasteiger partial charge >= 0.3 is 0 Å². The number of ketones is 1. The monoisotopic (exact) mass is 453 g/mol. The van der Waals surface area contributed by atoms with Gasteiger partial charge < -0.3 is 22.3 Å². The maximum Gasteiger partial charge on any atom is 0.184 e. The fraction of sp³-hybridized carbons (Fsp3) is 0.176. The van der Waals surface area contributed by atoms with Crippen molar-refractivity contribution in [3.63, 3.8) is 0 Å². The van der Waals surface area contributed by atoms with E-state index in [0.29, 0.717) is 5.56 Å². The van der Waals surface area contributed by atoms with Gasteiger partial charge in [0.25, 0.3) is 0 Å². The van der Waals surface area contributed by atoms with Crippen molar-refractivity contribution in [2.45, 2.75) is 13.8 Å². The summed E-state index contributed by atoms with van der Waals surface area (Å²) in [6.45, 7) is 4.40. The molecule has 0 aliphatic rings. The van der Waals surface area contributed by atoms with E-state index >= 15 is 0 Å². The Hall–Kier alpha value is -1.24. The van der Waals surface area contributed by atoms with Gasteiger partial charge in [-0.05, 0) is 43.2 Å². The normalized spacial score (nSPS) is 10.4. The molecule has 0 radical (unpaired) electrons. The number of halogens is 2. The van der Waals surface area contributed by atoms with E-state index in [2.05, 4.69) is 52.2 Å². The number of nitrogens with zero attached hydrogens (tertiary/aromatic N) is 1. The Balaban J connectivity index is 0.00000192. The highest BCUT2D eigenvalue weighted by atomic mass is 79.9. The van der Waals surface area contributed by atoms with Crippen LogP contribution >= 0.6 is 27.3 Å². The van der Waals surface area contributed by atoms with E-state index in [1.54, 1.807) is 11.3 Å². The topological polar surface area (TPSA) is 42.0 Å². The quantitative estimate of drug-likeness (QED) is 0.613. The molecule has 3 nitrogen and oxygen atoms in total. The van der Waals surface area contributed by atoms with Crippen LogP contribution in [0.5, 0.6) is 0 Å². The summed E-state index contributed by atoms with van der Waals surface area (Å²) in [5.41, 5.74) is 4.13. The van der Waals surface area contributed by atoms with Crippen LogP contribution in [0.25, 0.3) is 10.2 Å². The zero-order chi connectivity index (χ0) is 15.7. The molecule has 0 fully saturated rings. The SMILES string of the molecule is Cc1ccc2sc(NCC(=O)c3cccc(Br)c3)nc2c1C.[Br-]. The highest BCUT2D eigenvalue weighted by Gasteiger charge is 2.10. The van der Waals surface area contributed by atoms with E-state index in [0.717, 1.165) is 19.8 Å². The Labute approximate surface area is 158 Å². The Morgan fingerprint density at radius 2 is 2.04 bits per heavy atom. The first-order valence-electron chi connectivity index (χ1n) is 6.94. The molecule has 3 aromatic rings. The number of fused-ring (bicyclic) bond motifs is 1. The summed E-state index contributed by atoms with van der Waals surface area (Å²) in [6.07, 6.45) is 0. The number of nitrogens with one attached hydrogen (secondary N) is 1. The zero-order valence-corrected chi connectivity index (χ0v) is 16.7. The number of hydrogen-bond acceptors (Lipinski definition) is 4. The van der Waals surface area contributed by atoms with E-state index in [1.807, 2.05) is 24.3 Å². The maximum absolute atomic E-state index is 12.2. The Kier molecular flexibility index (Phi) is 5.95. The number of carbonyl (C=O) groups excluding carboxylic acids is 1. The van der Waals surface area contributed by atoms with Crippen molar-refractivity contribution in [1.82, 2.24) is 4.98 Å². The van der Waals surface area contributed by atoms with Crippen molar-refractivity contribution in [2.75, 3.05) is 11.9 Å². The lowest BCUT2D eigenvalue weighted by Crippen LogP contribution is -3.00. The zero-order valence-electron chi connectivity index (χ0n) is 12.7. The number of anilines is 1. The average Bonchev–Trinajstić information content (AvgIpc) is 2.92. The van der Waals surface area contributed by atoms with Crippen LogP contribution in [-0.4, -0.2) is 17.3 Å². The molecule has 0 aliphatic carbocycles. The summed E-state index contributed by atoms with van der Waals surface area (Å²) < 4.78 is 2.05. The van der Waals surface area contributed by atoms with E-state index in [-0.39, 0.29) is 29.3 Å². The van der Waals surface area contributed by atoms with Crippen LogP contribution in [-0.2, 0) is 0 Å². The molecule has 0 atom stereocenters. The smallest absolute Gasteiger partial charge is 0.184 e. The highest BCUT2D eigenvalue weighted by molar-refractivity contribution is 9.10. The summed E-state index contributed by atoms with van der Waals surface area (Å²) >= 11 is 4.96. The molecule has 23 heavy (non-hydrogen) atoms. The van der Waals surface area contributed by atoms with Crippen molar-refractivity contribution in [2.24, 2.45) is 0 Å². The molecule has 120 valence electrons. The first-order chi connectivity index (χ1) is 10.5. The van der Waals surface area contributed by atoms with Gasteiger partial charge in [0, 0.05) is 10.0 Å². The molecule has 1 N–H and O–H groups in total. The predicted octanol–water partition coefficient (Wildman–Crippen LogP) is 1.97. The minimum atomic E-state index is 0. The van der Waals surface area contributed by atoms with Gasteiger partial charge in [-0.25, -0.2) is 4.98 Å². The minimum absolute atomic E-state index is 0. The van der Waals surface area contributed by atoms with Gasteiger partial charge in [0.05, 0.1) is 16.8 Å². The molecule has 0 bridgehead atoms. The van der Waals surface area contributed by atoms with Gasteiger partial charge in [0.1, 0.15) is 0 Å². The Morgan fingerprint density at radius 1 is 1.26 bits per heavy atom. The molecule has 0 unspecified atom stereocenters. The van der Waals surface area contributed by atoms with Crippen molar-refractivity contribution >= 4 is 48.4 Å². The summed E-state index contributed by atoms with van der Waals surface area (Å²) in [5.74, 6) is 0.0495. The summed E-state index contributed by atoms with van der Waals surface area (Å²) in [6, 6.07) is 11.6. The van der Waals surface area contributed by atoms with E-state index < -0.39 is 0 Å². The Morgan fingerprint density at radius 3 is 2.78 bits per heavy atom. The third kappa shape index (κ3) is 4.00. The lowest BCUT2D eigenvalue weighted by atomic mass is 10.1. The maximum atomic E-state index is 12.2. The second kappa shape index (κ2) is 7.55. The van der Waals surface area contributed by atoms with Crippen LogP contribution in [0.2, 0.25) is 0 Å². The van der Waals surface area contributed by atoms with Gasteiger partial charge in [0.2, 0.25) is 0 Å². The third-order valence-corrected chi connectivity index (χ3v) is 5.10. The number of carbonyl (C=O) groups is 1. The predicted molar refractivity (Wildman–Crippen MR) is 96.1 cm³/mol. The van der Waals surface area contributed by atoms with Gasteiger partial charge in [-0.2, -0.15) is 0 Å². The first-order valence-corrected chi connectivity index (χ1v) is 8.55. The minimum Gasteiger partial charge on any atom is -1.00 e. The number of Topliss-reactive ketones (excluding diaryl/α,β-unsaturated/α-hetero) is 1. The van der Waals surface area contributed by atoms with E-state index in [1.165, 1.54) is 11.1 Å². The lowest BCUT2D eigenvalue weighted by Gasteiger charge is -2.02. The van der Waals surface area contributed by atoms with Crippen molar-refractivity contribution in [3.8, 4) is 0 Å². The largest absolute Gasteiger partial charge is 1.00 e. The molecule has 0 amide bonds. The molecular weight excluding hydrogens is 440 g/mol. The van der Waals surface area contributed by atoms with E-state index in [4.69, 9.17) is 0 Å². The second-order valence-electron chi connectivity index (χ2n) is 5.16. The Bertz CT molecular complexity index is 861. The molecular formula is C17H15Br2N2OS-. The fourth-order valence-electron chi connectivity index (χ4n) is 2.22. The summed E-state index contributed by atoms with van der Waals surface area (Å²) in [5, 5.41) is 3.93. The van der Waals surface area contributed by atoms with Crippen molar-refractivity contribution in [1.29, 1.82) is 0 Å². The number of aryl methyl sites for hydroxylation is 2. The third-order valence-electron chi connectivity index (χ3n) is 3.63. The highest BCUT2D eigenvalue weighted by Crippen LogP contribution is 2.29. The lowest BCUT2D eigenvalue weighted by molar-refractivity contribution is -0.0000120. The molecule has 0 saturated heterocycles. The molecule has 3 rings (SSSR count). The van der Waals surface area contributed by atoms with Gasteiger partial charge in [-0.1, -0.05) is 45.5 Å². The summed E-state index contributed by atoms with van der Waals surface area (Å²) in [7, 11) is 0. The first kappa shape index (κ1) is 18.1. The van der Waals surface area contributed by atoms with Gasteiger partial charge in [0.15, 0.2) is 10.9 Å². The number of thiazole rings is 1. The standard InChI is InChI=1S/C17H15BrN2OS.BrH/c1-10-6-7-15-16(11(10)2)20-17(22-15)19-9-14(21)12-4-3-5-13(18)8-12;/h3-8H,9H2,1-2H3,(H,19,20);1H/p-1. The van der Waals surface area contributed by atoms with Crippen LogP contribution in [0.1, 0.15) is 21.5 Å². The van der Waals surface area contributed by atoms with Crippen molar-refractivity contribution < 1.29 is 21.8 Å². The molecule has 1 heterocycles. The molecule has 2 aromatic carbocycles.